The van der Waals surface area contributed by atoms with E-state index in [0.29, 0.717) is 19.0 Å². The van der Waals surface area contributed by atoms with Gasteiger partial charge >= 0.3 is 0 Å². The van der Waals surface area contributed by atoms with Crippen molar-refractivity contribution >= 4 is 34.6 Å². The molecule has 1 fully saturated rings. The number of ether oxygens (including phenoxy) is 1. The minimum absolute atomic E-state index is 0.0824. The van der Waals surface area contributed by atoms with Gasteiger partial charge in [0.05, 0.1) is 29.0 Å². The van der Waals surface area contributed by atoms with Crippen molar-refractivity contribution in [3.8, 4) is 0 Å². The highest BCUT2D eigenvalue weighted by Gasteiger charge is 2.17. The Bertz CT molecular complexity index is 819. The lowest BCUT2D eigenvalue weighted by Crippen LogP contribution is -2.40. The molecule has 0 saturated carbocycles. The summed E-state index contributed by atoms with van der Waals surface area (Å²) in [6.07, 6.45) is 1.05. The van der Waals surface area contributed by atoms with Crippen LogP contribution in [0.15, 0.2) is 41.4 Å². The summed E-state index contributed by atoms with van der Waals surface area (Å²) in [5, 5.41) is 14.2. The van der Waals surface area contributed by atoms with Crippen LogP contribution in [0.3, 0.4) is 0 Å². The quantitative estimate of drug-likeness (QED) is 0.316. The molecule has 0 amide bonds. The molecule has 1 saturated heterocycles. The topological polar surface area (TPSA) is 80.0 Å². The molecule has 0 radical (unpaired) electrons. The summed E-state index contributed by atoms with van der Waals surface area (Å²) >= 11 is 7.59. The van der Waals surface area contributed by atoms with Crippen molar-refractivity contribution in [3.05, 3.63) is 61.3 Å². The van der Waals surface area contributed by atoms with Gasteiger partial charge in [-0.25, -0.2) is 4.99 Å². The molecule has 2 heterocycles. The number of non-ortho nitro benzene ring substituents is 1. The second-order valence-corrected chi connectivity index (χ2v) is 8.54. The van der Waals surface area contributed by atoms with Gasteiger partial charge in [0.25, 0.3) is 5.69 Å². The van der Waals surface area contributed by atoms with Crippen LogP contribution >= 0.6 is 22.9 Å². The van der Waals surface area contributed by atoms with E-state index in [9.17, 15) is 10.1 Å². The van der Waals surface area contributed by atoms with Gasteiger partial charge in [-0.15, -0.1) is 11.3 Å². The van der Waals surface area contributed by atoms with Crippen LogP contribution in [0.4, 0.5) is 5.69 Å². The molecule has 3 rings (SSSR count). The van der Waals surface area contributed by atoms with Gasteiger partial charge in [0, 0.05) is 43.1 Å². The smallest absolute Gasteiger partial charge is 0.269 e. The standard InChI is InChI=1S/C19H23ClN4O3S/c1-23(12-17-6-7-18(20)28-17)19(22-11-15-8-9-27-13-15)21-10-14-2-4-16(5-3-14)24(25)26/h2-7,15H,8-13H2,1H3,(H,21,22). The number of nitro groups is 1. The number of nitrogens with zero attached hydrogens (tertiary/aromatic N) is 3. The van der Waals surface area contributed by atoms with E-state index in [0.717, 1.165) is 46.9 Å². The molecule has 1 unspecified atom stereocenters. The van der Waals surface area contributed by atoms with E-state index in [2.05, 4.69) is 10.2 Å². The third-order valence-electron chi connectivity index (χ3n) is 4.51. The van der Waals surface area contributed by atoms with Crippen molar-refractivity contribution in [2.24, 2.45) is 10.9 Å². The van der Waals surface area contributed by atoms with Crippen LogP contribution < -0.4 is 5.32 Å². The number of halogens is 1. The molecule has 1 atom stereocenters. The number of benzene rings is 1. The average molecular weight is 423 g/mol. The molecule has 1 aromatic carbocycles. The van der Waals surface area contributed by atoms with Gasteiger partial charge in [0.1, 0.15) is 0 Å². The summed E-state index contributed by atoms with van der Waals surface area (Å²) in [6.45, 7) is 3.52. The number of nitro benzene ring substituents is 1. The van der Waals surface area contributed by atoms with Crippen LogP contribution in [0.5, 0.6) is 0 Å². The van der Waals surface area contributed by atoms with Crippen molar-refractivity contribution in [2.75, 3.05) is 26.8 Å². The van der Waals surface area contributed by atoms with E-state index in [-0.39, 0.29) is 5.69 Å². The Kier molecular flexibility index (Phi) is 7.24. The average Bonchev–Trinajstić information content (AvgIpc) is 3.33. The number of aliphatic imine (C=N–C) groups is 1. The van der Waals surface area contributed by atoms with Crippen LogP contribution in [0.1, 0.15) is 16.9 Å². The Labute approximate surface area is 173 Å². The van der Waals surface area contributed by atoms with Crippen molar-refractivity contribution in [3.63, 3.8) is 0 Å². The highest BCUT2D eigenvalue weighted by Crippen LogP contribution is 2.22. The predicted molar refractivity (Wildman–Crippen MR) is 112 cm³/mol. The van der Waals surface area contributed by atoms with Crippen molar-refractivity contribution < 1.29 is 9.66 Å². The second-order valence-electron chi connectivity index (χ2n) is 6.74. The molecular weight excluding hydrogens is 400 g/mol. The zero-order chi connectivity index (χ0) is 19.9. The Morgan fingerprint density at radius 2 is 2.18 bits per heavy atom. The van der Waals surface area contributed by atoms with Gasteiger partial charge in [-0.2, -0.15) is 0 Å². The summed E-state index contributed by atoms with van der Waals surface area (Å²) in [4.78, 5) is 18.3. The number of rotatable bonds is 7. The van der Waals surface area contributed by atoms with E-state index >= 15 is 0 Å². The van der Waals surface area contributed by atoms with E-state index in [1.807, 2.05) is 19.2 Å². The summed E-state index contributed by atoms with van der Waals surface area (Å²) < 4.78 is 6.21. The Balaban J connectivity index is 1.67. The molecule has 7 nitrogen and oxygen atoms in total. The number of hydrogen-bond acceptors (Lipinski definition) is 5. The Morgan fingerprint density at radius 1 is 1.39 bits per heavy atom. The number of thiophene rings is 1. The molecule has 0 spiro atoms. The Morgan fingerprint density at radius 3 is 2.79 bits per heavy atom. The fourth-order valence-electron chi connectivity index (χ4n) is 2.93. The number of nitrogens with one attached hydrogen (secondary N) is 1. The molecule has 28 heavy (non-hydrogen) atoms. The molecule has 0 bridgehead atoms. The summed E-state index contributed by atoms with van der Waals surface area (Å²) in [5.41, 5.74) is 1.00. The first-order valence-corrected chi connectivity index (χ1v) is 10.3. The zero-order valence-electron chi connectivity index (χ0n) is 15.6. The van der Waals surface area contributed by atoms with E-state index < -0.39 is 4.92 Å². The first-order valence-electron chi connectivity index (χ1n) is 9.06. The van der Waals surface area contributed by atoms with Gasteiger partial charge in [-0.3, -0.25) is 10.1 Å². The van der Waals surface area contributed by atoms with Crippen molar-refractivity contribution in [1.29, 1.82) is 0 Å². The molecule has 1 aromatic heterocycles. The summed E-state index contributed by atoms with van der Waals surface area (Å²) in [7, 11) is 1.99. The van der Waals surface area contributed by atoms with Gasteiger partial charge in [0.15, 0.2) is 5.96 Å². The second kappa shape index (κ2) is 9.86. The van der Waals surface area contributed by atoms with Crippen LogP contribution in [-0.2, 0) is 17.8 Å². The highest BCUT2D eigenvalue weighted by molar-refractivity contribution is 7.16. The zero-order valence-corrected chi connectivity index (χ0v) is 17.2. The third kappa shape index (κ3) is 5.92. The first-order chi connectivity index (χ1) is 13.5. The maximum atomic E-state index is 10.8. The normalized spacial score (nSPS) is 16.9. The molecule has 9 heteroatoms. The fourth-order valence-corrected chi connectivity index (χ4v) is 4.07. The van der Waals surface area contributed by atoms with Crippen LogP contribution in [-0.4, -0.2) is 42.6 Å². The number of guanidine groups is 1. The van der Waals surface area contributed by atoms with Gasteiger partial charge in [-0.1, -0.05) is 23.7 Å². The fraction of sp³-hybridized carbons (Fsp3) is 0.421. The van der Waals surface area contributed by atoms with Crippen LogP contribution in [0.25, 0.3) is 0 Å². The van der Waals surface area contributed by atoms with Crippen molar-refractivity contribution in [2.45, 2.75) is 19.5 Å². The lowest BCUT2D eigenvalue weighted by Gasteiger charge is -2.23. The molecule has 1 aliphatic heterocycles. The van der Waals surface area contributed by atoms with Crippen LogP contribution in [0.2, 0.25) is 4.34 Å². The minimum Gasteiger partial charge on any atom is -0.381 e. The lowest BCUT2D eigenvalue weighted by molar-refractivity contribution is -0.384. The van der Waals surface area contributed by atoms with Gasteiger partial charge in [-0.05, 0) is 24.1 Å². The first kappa shape index (κ1) is 20.6. The molecule has 1 aliphatic rings. The third-order valence-corrected chi connectivity index (χ3v) is 5.73. The molecule has 1 N–H and O–H groups in total. The van der Waals surface area contributed by atoms with E-state index in [4.69, 9.17) is 21.3 Å². The van der Waals surface area contributed by atoms with Crippen molar-refractivity contribution in [1.82, 2.24) is 10.2 Å². The maximum Gasteiger partial charge on any atom is 0.269 e. The molecule has 150 valence electrons. The largest absolute Gasteiger partial charge is 0.381 e. The molecule has 2 aromatic rings. The SMILES string of the molecule is CN(Cc1ccc(Cl)s1)C(=NCc1ccc([N+](=O)[O-])cc1)NCC1CCOC1. The summed E-state index contributed by atoms with van der Waals surface area (Å²) in [5.74, 6) is 1.27. The van der Waals surface area contributed by atoms with E-state index in [1.54, 1.807) is 23.5 Å². The minimum atomic E-state index is -0.399. The maximum absolute atomic E-state index is 10.8. The van der Waals surface area contributed by atoms with Gasteiger partial charge in [0.2, 0.25) is 0 Å². The lowest BCUT2D eigenvalue weighted by atomic mass is 10.1. The Hall–Kier alpha value is -2.16. The number of hydrogen-bond donors (Lipinski definition) is 1. The molecular formula is C19H23ClN4O3S. The van der Waals surface area contributed by atoms with Gasteiger partial charge < -0.3 is 15.0 Å². The monoisotopic (exact) mass is 422 g/mol. The highest BCUT2D eigenvalue weighted by atomic mass is 35.5. The van der Waals surface area contributed by atoms with E-state index in [1.165, 1.54) is 12.1 Å². The summed E-state index contributed by atoms with van der Waals surface area (Å²) in [6, 6.07) is 10.4. The van der Waals surface area contributed by atoms with Crippen LogP contribution in [0, 0.1) is 16.0 Å². The predicted octanol–water partition coefficient (Wildman–Crippen LogP) is 3.92. The molecule has 0 aliphatic carbocycles.